The van der Waals surface area contributed by atoms with Crippen molar-refractivity contribution >= 4 is 46.3 Å². The van der Waals surface area contributed by atoms with Crippen LogP contribution >= 0.6 is 23.2 Å². The Labute approximate surface area is 152 Å². The standard InChI is InChI=1S/C16H11Cl2N5O2/c17-9-3-10(18)5-12(4-9)21-16-22-15(7-19-23-16)20-11-1-2-13-14(6-11)25-8-24-13/h1-7H,8H2,(H2,20,21,22,23). The van der Waals surface area contributed by atoms with Crippen LogP contribution in [0.1, 0.15) is 0 Å². The fraction of sp³-hybridized carbons (Fsp3) is 0.0625. The second kappa shape index (κ2) is 6.62. The molecule has 1 aliphatic heterocycles. The van der Waals surface area contributed by atoms with E-state index in [1.54, 1.807) is 18.2 Å². The van der Waals surface area contributed by atoms with Crippen molar-refractivity contribution in [2.24, 2.45) is 0 Å². The number of benzene rings is 2. The minimum atomic E-state index is 0.226. The molecule has 1 aliphatic rings. The molecule has 2 aromatic carbocycles. The van der Waals surface area contributed by atoms with Crippen LogP contribution in [0.25, 0.3) is 0 Å². The average molecular weight is 376 g/mol. The molecule has 7 nitrogen and oxygen atoms in total. The van der Waals surface area contributed by atoms with Crippen molar-refractivity contribution in [2.75, 3.05) is 17.4 Å². The Bertz CT molecular complexity index is 918. The van der Waals surface area contributed by atoms with E-state index in [-0.39, 0.29) is 6.79 Å². The fourth-order valence-corrected chi connectivity index (χ4v) is 2.82. The maximum absolute atomic E-state index is 5.99. The van der Waals surface area contributed by atoms with Crippen LogP contribution in [-0.4, -0.2) is 22.0 Å². The molecule has 0 bridgehead atoms. The molecular weight excluding hydrogens is 365 g/mol. The van der Waals surface area contributed by atoms with E-state index in [1.807, 2.05) is 18.2 Å². The van der Waals surface area contributed by atoms with E-state index >= 15 is 0 Å². The highest BCUT2D eigenvalue weighted by molar-refractivity contribution is 6.35. The van der Waals surface area contributed by atoms with Crippen molar-refractivity contribution in [3.63, 3.8) is 0 Å². The zero-order valence-electron chi connectivity index (χ0n) is 12.7. The maximum Gasteiger partial charge on any atom is 0.249 e. The van der Waals surface area contributed by atoms with Gasteiger partial charge in [-0.15, -0.1) is 5.10 Å². The molecule has 2 heterocycles. The Balaban J connectivity index is 1.53. The van der Waals surface area contributed by atoms with Gasteiger partial charge in [-0.3, -0.25) is 0 Å². The fourth-order valence-electron chi connectivity index (χ4n) is 2.29. The van der Waals surface area contributed by atoms with E-state index < -0.39 is 0 Å². The van der Waals surface area contributed by atoms with Gasteiger partial charge in [0.15, 0.2) is 17.3 Å². The predicted molar refractivity (Wildman–Crippen MR) is 95.4 cm³/mol. The topological polar surface area (TPSA) is 81.2 Å². The summed E-state index contributed by atoms with van der Waals surface area (Å²) < 4.78 is 10.6. The quantitative estimate of drug-likeness (QED) is 0.699. The van der Waals surface area contributed by atoms with E-state index in [9.17, 15) is 0 Å². The molecule has 0 atom stereocenters. The van der Waals surface area contributed by atoms with Gasteiger partial charge in [-0.2, -0.15) is 10.1 Å². The van der Waals surface area contributed by atoms with Gasteiger partial charge in [0.25, 0.3) is 0 Å². The number of hydrogen-bond acceptors (Lipinski definition) is 7. The van der Waals surface area contributed by atoms with Crippen molar-refractivity contribution in [2.45, 2.75) is 0 Å². The van der Waals surface area contributed by atoms with Crippen LogP contribution < -0.4 is 20.1 Å². The van der Waals surface area contributed by atoms with Crippen LogP contribution in [0.5, 0.6) is 11.5 Å². The minimum absolute atomic E-state index is 0.226. The third-order valence-electron chi connectivity index (χ3n) is 3.32. The minimum Gasteiger partial charge on any atom is -0.454 e. The SMILES string of the molecule is Clc1cc(Cl)cc(Nc2nncc(Nc3ccc4c(c3)OCO4)n2)c1. The summed E-state index contributed by atoms with van der Waals surface area (Å²) in [5.74, 6) is 2.22. The summed E-state index contributed by atoms with van der Waals surface area (Å²) in [7, 11) is 0. The van der Waals surface area contributed by atoms with Gasteiger partial charge in [0, 0.05) is 27.5 Å². The van der Waals surface area contributed by atoms with Crippen LogP contribution in [0, 0.1) is 0 Å². The number of rotatable bonds is 4. The summed E-state index contributed by atoms with van der Waals surface area (Å²) in [6.45, 7) is 0.226. The zero-order valence-corrected chi connectivity index (χ0v) is 14.2. The molecule has 0 aliphatic carbocycles. The third-order valence-corrected chi connectivity index (χ3v) is 3.76. The van der Waals surface area contributed by atoms with E-state index in [0.29, 0.717) is 39.0 Å². The molecule has 9 heteroatoms. The number of nitrogens with one attached hydrogen (secondary N) is 2. The van der Waals surface area contributed by atoms with Crippen molar-refractivity contribution in [3.8, 4) is 11.5 Å². The molecule has 126 valence electrons. The summed E-state index contributed by atoms with van der Waals surface area (Å²) >= 11 is 12.0. The number of ether oxygens (including phenoxy) is 2. The first-order chi connectivity index (χ1) is 12.2. The lowest BCUT2D eigenvalue weighted by Gasteiger charge is -2.09. The molecule has 3 aromatic rings. The highest BCUT2D eigenvalue weighted by atomic mass is 35.5. The molecule has 0 saturated carbocycles. The molecule has 25 heavy (non-hydrogen) atoms. The summed E-state index contributed by atoms with van der Waals surface area (Å²) in [5.41, 5.74) is 1.46. The normalized spacial score (nSPS) is 12.1. The highest BCUT2D eigenvalue weighted by Crippen LogP contribution is 2.35. The van der Waals surface area contributed by atoms with Crippen LogP contribution in [-0.2, 0) is 0 Å². The van der Waals surface area contributed by atoms with Crippen LogP contribution in [0.3, 0.4) is 0 Å². The molecule has 4 rings (SSSR count). The number of aromatic nitrogens is 3. The molecule has 0 unspecified atom stereocenters. The Kier molecular flexibility index (Phi) is 4.17. The lowest BCUT2D eigenvalue weighted by Crippen LogP contribution is -2.02. The van der Waals surface area contributed by atoms with Crippen molar-refractivity contribution < 1.29 is 9.47 Å². The Hall–Kier alpha value is -2.77. The second-order valence-electron chi connectivity index (χ2n) is 5.14. The molecule has 0 fully saturated rings. The molecule has 1 aromatic heterocycles. The number of hydrogen-bond donors (Lipinski definition) is 2. The van der Waals surface area contributed by atoms with Gasteiger partial charge in [-0.25, -0.2) is 0 Å². The molecule has 0 spiro atoms. The molecule has 2 N–H and O–H groups in total. The Morgan fingerprint density at radius 1 is 0.880 bits per heavy atom. The number of halogens is 2. The Morgan fingerprint density at radius 3 is 2.52 bits per heavy atom. The van der Waals surface area contributed by atoms with Gasteiger partial charge in [0.1, 0.15) is 0 Å². The van der Waals surface area contributed by atoms with Crippen molar-refractivity contribution in [1.29, 1.82) is 0 Å². The second-order valence-corrected chi connectivity index (χ2v) is 6.01. The average Bonchev–Trinajstić information content (AvgIpc) is 3.02. The number of fused-ring (bicyclic) bond motifs is 1. The van der Waals surface area contributed by atoms with E-state index in [0.717, 1.165) is 5.69 Å². The number of anilines is 4. The first kappa shape index (κ1) is 15.7. The number of nitrogens with zero attached hydrogens (tertiary/aromatic N) is 3. The molecular formula is C16H11Cl2N5O2. The largest absolute Gasteiger partial charge is 0.454 e. The summed E-state index contributed by atoms with van der Waals surface area (Å²) in [6.07, 6.45) is 1.51. The van der Waals surface area contributed by atoms with Gasteiger partial charge < -0.3 is 20.1 Å². The summed E-state index contributed by atoms with van der Waals surface area (Å²) in [5, 5.41) is 15.1. The summed E-state index contributed by atoms with van der Waals surface area (Å²) in [4.78, 5) is 4.36. The first-order valence-corrected chi connectivity index (χ1v) is 8.01. The van der Waals surface area contributed by atoms with Crippen molar-refractivity contribution in [3.05, 3.63) is 52.6 Å². The highest BCUT2D eigenvalue weighted by Gasteiger charge is 2.13. The molecule has 0 radical (unpaired) electrons. The maximum atomic E-state index is 5.99. The van der Waals surface area contributed by atoms with Gasteiger partial charge in [-0.05, 0) is 30.3 Å². The lowest BCUT2D eigenvalue weighted by molar-refractivity contribution is 0.174. The van der Waals surface area contributed by atoms with Gasteiger partial charge in [0.2, 0.25) is 12.7 Å². The van der Waals surface area contributed by atoms with E-state index in [1.165, 1.54) is 6.20 Å². The van der Waals surface area contributed by atoms with Gasteiger partial charge in [0.05, 0.1) is 6.20 Å². The van der Waals surface area contributed by atoms with Crippen molar-refractivity contribution in [1.82, 2.24) is 15.2 Å². The van der Waals surface area contributed by atoms with Gasteiger partial charge in [-0.1, -0.05) is 23.2 Å². The summed E-state index contributed by atoms with van der Waals surface area (Å²) in [6, 6.07) is 10.6. The smallest absolute Gasteiger partial charge is 0.249 e. The monoisotopic (exact) mass is 375 g/mol. The molecule has 0 saturated heterocycles. The first-order valence-electron chi connectivity index (χ1n) is 7.25. The van der Waals surface area contributed by atoms with Crippen LogP contribution in [0.15, 0.2) is 42.6 Å². The van der Waals surface area contributed by atoms with Gasteiger partial charge >= 0.3 is 0 Å². The predicted octanol–water partition coefficient (Wildman–Crippen LogP) is 4.39. The zero-order chi connectivity index (χ0) is 17.2. The Morgan fingerprint density at radius 2 is 1.68 bits per heavy atom. The third kappa shape index (κ3) is 3.67. The van der Waals surface area contributed by atoms with Crippen LogP contribution in [0.4, 0.5) is 23.1 Å². The molecule has 0 amide bonds. The van der Waals surface area contributed by atoms with E-state index in [2.05, 4.69) is 25.8 Å². The lowest BCUT2D eigenvalue weighted by atomic mass is 10.3. The van der Waals surface area contributed by atoms with E-state index in [4.69, 9.17) is 32.7 Å². The van der Waals surface area contributed by atoms with Crippen LogP contribution in [0.2, 0.25) is 10.0 Å².